The van der Waals surface area contributed by atoms with E-state index in [1.54, 1.807) is 0 Å². The third kappa shape index (κ3) is 7.21. The highest BCUT2D eigenvalue weighted by molar-refractivity contribution is 5.49. The first-order chi connectivity index (χ1) is 4.27. The van der Waals surface area contributed by atoms with Crippen molar-refractivity contribution >= 4 is 6.29 Å². The third-order valence-corrected chi connectivity index (χ3v) is 0.855. The second-order valence-electron chi connectivity index (χ2n) is 2.09. The van der Waals surface area contributed by atoms with Gasteiger partial charge in [-0.2, -0.15) is 0 Å². The van der Waals surface area contributed by atoms with Crippen molar-refractivity contribution in [2.24, 2.45) is 0 Å². The van der Waals surface area contributed by atoms with Crippen molar-refractivity contribution in [1.82, 2.24) is 4.90 Å². The fourth-order valence-electron chi connectivity index (χ4n) is 0.450. The van der Waals surface area contributed by atoms with Crippen molar-refractivity contribution in [1.29, 1.82) is 0 Å². The van der Waals surface area contributed by atoms with Crippen molar-refractivity contribution < 1.29 is 4.79 Å². The molecule has 0 aromatic heterocycles. The molecule has 0 aliphatic rings. The highest BCUT2D eigenvalue weighted by atomic mass is 16.1. The molecule has 0 amide bonds. The zero-order valence-electron chi connectivity index (χ0n) is 6.00. The molecule has 0 heterocycles. The van der Waals surface area contributed by atoms with Crippen molar-refractivity contribution in [3.05, 3.63) is 12.3 Å². The van der Waals surface area contributed by atoms with E-state index in [1.165, 1.54) is 0 Å². The van der Waals surface area contributed by atoms with Gasteiger partial charge in [-0.05, 0) is 12.6 Å². The van der Waals surface area contributed by atoms with E-state index in [2.05, 4.69) is 0 Å². The van der Waals surface area contributed by atoms with E-state index in [9.17, 15) is 4.79 Å². The molecule has 0 saturated carbocycles. The van der Waals surface area contributed by atoms with Crippen LogP contribution in [0.3, 0.4) is 0 Å². The van der Waals surface area contributed by atoms with Crippen LogP contribution in [-0.2, 0) is 4.79 Å². The van der Waals surface area contributed by atoms with Crippen LogP contribution >= 0.6 is 0 Å². The normalized spacial score (nSPS) is 10.0. The largest absolute Gasteiger partial charge is 0.384 e. The molecule has 0 unspecified atom stereocenters. The van der Waals surface area contributed by atoms with Crippen LogP contribution in [0, 0.1) is 0 Å². The number of rotatable bonds is 4. The molecule has 0 aromatic rings. The molecule has 0 atom stereocenters. The minimum absolute atomic E-state index is 0.629. The number of hydrogen-bond acceptors (Lipinski definition) is 2. The Hall–Kier alpha value is -0.790. The number of unbranched alkanes of at least 4 members (excludes halogenated alkanes) is 1. The van der Waals surface area contributed by atoms with Crippen LogP contribution in [0.5, 0.6) is 0 Å². The topological polar surface area (TPSA) is 20.3 Å². The zero-order chi connectivity index (χ0) is 7.11. The molecule has 0 N–H and O–H groups in total. The van der Waals surface area contributed by atoms with Crippen molar-refractivity contribution in [2.45, 2.75) is 12.8 Å². The van der Waals surface area contributed by atoms with Crippen molar-refractivity contribution in [3.63, 3.8) is 0 Å². The smallest absolute Gasteiger partial charge is 0.120 e. The molecule has 0 fully saturated rings. The molecule has 0 rings (SSSR count). The second kappa shape index (κ2) is 5.35. The molecular weight excluding hydrogens is 114 g/mol. The van der Waals surface area contributed by atoms with Crippen LogP contribution in [0.2, 0.25) is 0 Å². The summed E-state index contributed by atoms with van der Waals surface area (Å²) < 4.78 is 0. The van der Waals surface area contributed by atoms with Gasteiger partial charge in [0.1, 0.15) is 6.29 Å². The lowest BCUT2D eigenvalue weighted by Crippen LogP contribution is -1.99. The van der Waals surface area contributed by atoms with Crippen LogP contribution in [-0.4, -0.2) is 25.3 Å². The molecule has 0 aliphatic carbocycles. The van der Waals surface area contributed by atoms with Gasteiger partial charge in [0.25, 0.3) is 0 Å². The van der Waals surface area contributed by atoms with E-state index in [-0.39, 0.29) is 0 Å². The summed E-state index contributed by atoms with van der Waals surface area (Å²) in [5.41, 5.74) is 0. The zero-order valence-corrected chi connectivity index (χ0v) is 6.00. The first kappa shape index (κ1) is 8.21. The van der Waals surface area contributed by atoms with Crippen LogP contribution < -0.4 is 0 Å². The second-order valence-corrected chi connectivity index (χ2v) is 2.09. The number of allylic oxidation sites excluding steroid dienone is 1. The van der Waals surface area contributed by atoms with Gasteiger partial charge < -0.3 is 9.69 Å². The minimum atomic E-state index is 0.629. The summed E-state index contributed by atoms with van der Waals surface area (Å²) in [4.78, 5) is 11.8. The van der Waals surface area contributed by atoms with Gasteiger partial charge in [-0.1, -0.05) is 6.08 Å². The van der Waals surface area contributed by atoms with Gasteiger partial charge in [-0.3, -0.25) is 0 Å². The molecule has 0 saturated heterocycles. The van der Waals surface area contributed by atoms with Gasteiger partial charge >= 0.3 is 0 Å². The molecule has 9 heavy (non-hydrogen) atoms. The first-order valence-corrected chi connectivity index (χ1v) is 3.04. The molecule has 0 bridgehead atoms. The number of nitrogens with zero attached hydrogens (tertiary/aromatic N) is 1. The summed E-state index contributed by atoms with van der Waals surface area (Å²) >= 11 is 0. The van der Waals surface area contributed by atoms with E-state index < -0.39 is 0 Å². The average molecular weight is 127 g/mol. The molecule has 0 radical (unpaired) electrons. The fraction of sp³-hybridized carbons (Fsp3) is 0.571. The Morgan fingerprint density at radius 3 is 2.44 bits per heavy atom. The Bertz CT molecular complexity index is 97.1. The van der Waals surface area contributed by atoms with Crippen molar-refractivity contribution in [2.75, 3.05) is 14.1 Å². The molecule has 52 valence electrons. The van der Waals surface area contributed by atoms with E-state index in [0.29, 0.717) is 6.42 Å². The monoisotopic (exact) mass is 127 g/mol. The van der Waals surface area contributed by atoms with Gasteiger partial charge in [-0.15, -0.1) is 0 Å². The van der Waals surface area contributed by atoms with Gasteiger partial charge in [0.2, 0.25) is 0 Å². The maximum absolute atomic E-state index is 9.80. The maximum Gasteiger partial charge on any atom is 0.120 e. The number of aldehydes is 1. The lowest BCUT2D eigenvalue weighted by molar-refractivity contribution is -0.107. The van der Waals surface area contributed by atoms with Crippen LogP contribution in [0.15, 0.2) is 12.3 Å². The Balaban J connectivity index is 3.14. The fourth-order valence-corrected chi connectivity index (χ4v) is 0.450. The SMILES string of the molecule is CN(C)C=CCCC=O. The highest BCUT2D eigenvalue weighted by Gasteiger charge is 1.77. The van der Waals surface area contributed by atoms with Crippen LogP contribution in [0.1, 0.15) is 12.8 Å². The van der Waals surface area contributed by atoms with E-state index in [1.807, 2.05) is 31.3 Å². The number of carbonyl (C=O) groups excluding carboxylic acids is 1. The quantitative estimate of drug-likeness (QED) is 0.415. The number of carbonyl (C=O) groups is 1. The molecular formula is C7H13NO. The molecule has 2 heteroatoms. The van der Waals surface area contributed by atoms with Crippen LogP contribution in [0.25, 0.3) is 0 Å². The van der Waals surface area contributed by atoms with E-state index >= 15 is 0 Å². The summed E-state index contributed by atoms with van der Waals surface area (Å²) in [7, 11) is 3.91. The Morgan fingerprint density at radius 1 is 1.33 bits per heavy atom. The molecule has 0 aromatic carbocycles. The first-order valence-electron chi connectivity index (χ1n) is 3.04. The number of hydrogen-bond donors (Lipinski definition) is 0. The lowest BCUT2D eigenvalue weighted by Gasteiger charge is -2.01. The Kier molecular flexibility index (Phi) is 4.88. The minimum Gasteiger partial charge on any atom is -0.384 e. The predicted molar refractivity (Wildman–Crippen MR) is 38.1 cm³/mol. The van der Waals surface area contributed by atoms with Gasteiger partial charge in [0.05, 0.1) is 0 Å². The molecule has 2 nitrogen and oxygen atoms in total. The summed E-state index contributed by atoms with van der Waals surface area (Å²) in [6, 6.07) is 0. The lowest BCUT2D eigenvalue weighted by atomic mass is 10.3. The Labute approximate surface area is 56.2 Å². The summed E-state index contributed by atoms with van der Waals surface area (Å²) in [6.45, 7) is 0. The average Bonchev–Trinajstić information content (AvgIpc) is 1.80. The summed E-state index contributed by atoms with van der Waals surface area (Å²) in [5, 5.41) is 0. The molecule has 0 aliphatic heterocycles. The Morgan fingerprint density at radius 2 is 2.00 bits per heavy atom. The molecule has 0 spiro atoms. The van der Waals surface area contributed by atoms with Crippen molar-refractivity contribution in [3.8, 4) is 0 Å². The predicted octanol–water partition coefficient (Wildman–Crippen LogP) is 1.04. The highest BCUT2D eigenvalue weighted by Crippen LogP contribution is 1.87. The third-order valence-electron chi connectivity index (χ3n) is 0.855. The standard InChI is InChI=1S/C7H13NO/c1-8(2)6-4-3-5-7-9/h4,6-7H,3,5H2,1-2H3. The van der Waals surface area contributed by atoms with E-state index in [0.717, 1.165) is 12.7 Å². The summed E-state index contributed by atoms with van der Waals surface area (Å²) in [6.07, 6.45) is 6.34. The van der Waals surface area contributed by atoms with Gasteiger partial charge in [-0.25, -0.2) is 0 Å². The van der Waals surface area contributed by atoms with Gasteiger partial charge in [0.15, 0.2) is 0 Å². The van der Waals surface area contributed by atoms with E-state index in [4.69, 9.17) is 0 Å². The van der Waals surface area contributed by atoms with Crippen LogP contribution in [0.4, 0.5) is 0 Å². The maximum atomic E-state index is 9.80. The van der Waals surface area contributed by atoms with Gasteiger partial charge in [0, 0.05) is 20.5 Å². The summed E-state index contributed by atoms with van der Waals surface area (Å²) in [5.74, 6) is 0.